The zero-order chi connectivity index (χ0) is 24.0. The number of carbonyl (C=O) groups excluding carboxylic acids is 1. The summed E-state index contributed by atoms with van der Waals surface area (Å²) >= 11 is 0. The minimum absolute atomic E-state index is 0.0330. The number of rotatable bonds is 8. The number of hydrogen-bond acceptors (Lipinski definition) is 6. The second-order valence-corrected chi connectivity index (χ2v) is 9.07. The Labute approximate surface area is 205 Å². The predicted octanol–water partition coefficient (Wildman–Crippen LogP) is 3.82. The third-order valence-corrected chi connectivity index (χ3v) is 6.55. The van der Waals surface area contributed by atoms with Crippen LogP contribution in [0.15, 0.2) is 71.5 Å². The molecule has 8 nitrogen and oxygen atoms in total. The second-order valence-electron chi connectivity index (χ2n) is 9.07. The third kappa shape index (κ3) is 5.84. The van der Waals surface area contributed by atoms with E-state index in [4.69, 9.17) is 4.52 Å². The molecule has 35 heavy (non-hydrogen) atoms. The normalized spacial score (nSPS) is 14.8. The number of hydrogen-bond donors (Lipinski definition) is 1. The number of carbonyl (C=O) groups is 1. The monoisotopic (exact) mass is 470 g/mol. The Bertz CT molecular complexity index is 1260. The van der Waals surface area contributed by atoms with Gasteiger partial charge in [-0.2, -0.15) is 4.98 Å². The van der Waals surface area contributed by atoms with Crippen LogP contribution in [0.1, 0.15) is 35.7 Å². The summed E-state index contributed by atoms with van der Waals surface area (Å²) in [4.78, 5) is 23.9. The van der Waals surface area contributed by atoms with Crippen molar-refractivity contribution in [2.75, 3.05) is 13.1 Å². The van der Waals surface area contributed by atoms with Crippen LogP contribution in [0.2, 0.25) is 0 Å². The molecule has 1 fully saturated rings. The molecule has 0 bridgehead atoms. The smallest absolute Gasteiger partial charge is 0.241 e. The largest absolute Gasteiger partial charge is 0.352 e. The average Bonchev–Trinajstić information content (AvgIpc) is 3.53. The molecule has 8 heteroatoms. The van der Waals surface area contributed by atoms with Crippen LogP contribution in [0.3, 0.4) is 0 Å². The van der Waals surface area contributed by atoms with Crippen LogP contribution in [0, 0.1) is 12.8 Å². The van der Waals surface area contributed by atoms with Crippen LogP contribution >= 0.6 is 0 Å². The molecule has 4 aromatic rings. The molecular formula is C27H30N6O2. The van der Waals surface area contributed by atoms with Crippen LogP contribution in [-0.2, 0) is 24.4 Å². The van der Waals surface area contributed by atoms with E-state index in [1.807, 2.05) is 55.7 Å². The lowest BCUT2D eigenvalue weighted by atomic mass is 9.96. The number of imidazole rings is 1. The standard InChI is InChI=1S/C27H30N6O2/c1-20-28-12-15-33(20)18-22-7-5-6-21(16-22)17-29-27(34)24-10-13-32(14-11-24)19-25-30-26(31-35-25)23-8-3-2-4-9-23/h2-9,12,15-16,24H,10-11,13-14,17-19H2,1H3,(H,29,34). The van der Waals surface area contributed by atoms with E-state index in [0.717, 1.165) is 49.4 Å². The van der Waals surface area contributed by atoms with Crippen molar-refractivity contribution >= 4 is 5.91 Å². The molecule has 2 aromatic heterocycles. The highest BCUT2D eigenvalue weighted by Gasteiger charge is 2.26. The first-order valence-corrected chi connectivity index (χ1v) is 12.1. The van der Waals surface area contributed by atoms with Crippen LogP contribution in [0.5, 0.6) is 0 Å². The Balaban J connectivity index is 1.08. The van der Waals surface area contributed by atoms with Gasteiger partial charge in [0.2, 0.25) is 17.6 Å². The van der Waals surface area contributed by atoms with E-state index in [9.17, 15) is 4.79 Å². The van der Waals surface area contributed by atoms with Gasteiger partial charge in [-0.05, 0) is 44.0 Å². The topological polar surface area (TPSA) is 89.1 Å². The summed E-state index contributed by atoms with van der Waals surface area (Å²) in [6, 6.07) is 18.2. The Morgan fingerprint density at radius 1 is 1.06 bits per heavy atom. The van der Waals surface area contributed by atoms with Crippen LogP contribution < -0.4 is 5.32 Å². The van der Waals surface area contributed by atoms with Crippen molar-refractivity contribution in [1.29, 1.82) is 0 Å². The van der Waals surface area contributed by atoms with E-state index in [-0.39, 0.29) is 11.8 Å². The molecule has 1 aliphatic rings. The minimum Gasteiger partial charge on any atom is -0.352 e. The van der Waals surface area contributed by atoms with Crippen LogP contribution in [0.4, 0.5) is 0 Å². The Kier molecular flexibility index (Phi) is 6.99. The van der Waals surface area contributed by atoms with Gasteiger partial charge in [-0.1, -0.05) is 59.8 Å². The quantitative estimate of drug-likeness (QED) is 0.421. The first-order chi connectivity index (χ1) is 17.1. The number of amides is 1. The molecule has 0 unspecified atom stereocenters. The van der Waals surface area contributed by atoms with Crippen molar-refractivity contribution in [3.8, 4) is 11.4 Å². The van der Waals surface area contributed by atoms with E-state index >= 15 is 0 Å². The fraction of sp³-hybridized carbons (Fsp3) is 0.333. The lowest BCUT2D eigenvalue weighted by Crippen LogP contribution is -2.40. The highest BCUT2D eigenvalue weighted by Crippen LogP contribution is 2.21. The number of nitrogens with zero attached hydrogens (tertiary/aromatic N) is 5. The first kappa shape index (κ1) is 23.0. The summed E-state index contributed by atoms with van der Waals surface area (Å²) in [6.45, 7) is 5.59. The fourth-order valence-electron chi connectivity index (χ4n) is 4.51. The molecule has 2 aromatic carbocycles. The molecule has 3 heterocycles. The molecule has 0 atom stereocenters. The molecule has 0 radical (unpaired) electrons. The maximum atomic E-state index is 12.8. The number of piperidine rings is 1. The van der Waals surface area contributed by atoms with E-state index in [1.54, 1.807) is 0 Å². The molecule has 1 saturated heterocycles. The maximum Gasteiger partial charge on any atom is 0.241 e. The van der Waals surface area contributed by atoms with Gasteiger partial charge in [-0.15, -0.1) is 0 Å². The van der Waals surface area contributed by atoms with E-state index in [2.05, 4.69) is 48.1 Å². The van der Waals surface area contributed by atoms with Gasteiger partial charge in [0.1, 0.15) is 5.82 Å². The summed E-state index contributed by atoms with van der Waals surface area (Å²) in [5.74, 6) is 2.37. The molecule has 1 amide bonds. The first-order valence-electron chi connectivity index (χ1n) is 12.1. The molecule has 180 valence electrons. The van der Waals surface area contributed by atoms with Gasteiger partial charge in [0.25, 0.3) is 0 Å². The van der Waals surface area contributed by atoms with Crippen molar-refractivity contribution in [1.82, 2.24) is 29.9 Å². The SMILES string of the molecule is Cc1nccn1Cc1cccc(CNC(=O)C2CCN(Cc3nc(-c4ccccc4)no3)CC2)c1. The van der Waals surface area contributed by atoms with Crippen molar-refractivity contribution in [2.24, 2.45) is 5.92 Å². The van der Waals surface area contributed by atoms with Crippen LogP contribution in [0.25, 0.3) is 11.4 Å². The van der Waals surface area contributed by atoms with E-state index in [1.165, 1.54) is 5.56 Å². The number of benzene rings is 2. The maximum absolute atomic E-state index is 12.8. The van der Waals surface area contributed by atoms with Gasteiger partial charge in [0, 0.05) is 37.0 Å². The average molecular weight is 471 g/mol. The molecule has 5 rings (SSSR count). The Morgan fingerprint density at radius 2 is 1.86 bits per heavy atom. The van der Waals surface area contributed by atoms with Crippen LogP contribution in [-0.4, -0.2) is 43.6 Å². The lowest BCUT2D eigenvalue weighted by molar-refractivity contribution is -0.126. The van der Waals surface area contributed by atoms with Gasteiger partial charge >= 0.3 is 0 Å². The molecule has 1 aliphatic heterocycles. The van der Waals surface area contributed by atoms with Gasteiger partial charge in [-0.25, -0.2) is 4.98 Å². The summed E-state index contributed by atoms with van der Waals surface area (Å²) in [6.07, 6.45) is 5.45. The summed E-state index contributed by atoms with van der Waals surface area (Å²) in [5, 5.41) is 7.23. The number of nitrogens with one attached hydrogen (secondary N) is 1. The van der Waals surface area contributed by atoms with E-state index < -0.39 is 0 Å². The predicted molar refractivity (Wildman–Crippen MR) is 132 cm³/mol. The Hall–Kier alpha value is -3.78. The highest BCUT2D eigenvalue weighted by molar-refractivity contribution is 5.78. The van der Waals surface area contributed by atoms with Crippen molar-refractivity contribution in [3.05, 3.63) is 89.8 Å². The summed E-state index contributed by atoms with van der Waals surface area (Å²) < 4.78 is 7.56. The molecule has 0 aliphatic carbocycles. The van der Waals surface area contributed by atoms with Gasteiger partial charge in [0.15, 0.2) is 0 Å². The van der Waals surface area contributed by atoms with Gasteiger partial charge in [-0.3, -0.25) is 9.69 Å². The molecular weight excluding hydrogens is 440 g/mol. The van der Waals surface area contributed by atoms with E-state index in [0.29, 0.717) is 24.8 Å². The fourth-order valence-corrected chi connectivity index (χ4v) is 4.51. The number of aromatic nitrogens is 4. The van der Waals surface area contributed by atoms with Gasteiger partial charge in [0.05, 0.1) is 6.54 Å². The van der Waals surface area contributed by atoms with Crippen molar-refractivity contribution in [2.45, 2.75) is 39.4 Å². The Morgan fingerprint density at radius 3 is 2.63 bits per heavy atom. The summed E-state index contributed by atoms with van der Waals surface area (Å²) in [7, 11) is 0. The second kappa shape index (κ2) is 10.7. The lowest BCUT2D eigenvalue weighted by Gasteiger charge is -2.30. The number of aryl methyl sites for hydroxylation is 1. The molecule has 0 saturated carbocycles. The third-order valence-electron chi connectivity index (χ3n) is 6.55. The zero-order valence-corrected chi connectivity index (χ0v) is 19.9. The number of likely N-dealkylation sites (tertiary alicyclic amines) is 1. The van der Waals surface area contributed by atoms with Gasteiger partial charge < -0.3 is 14.4 Å². The van der Waals surface area contributed by atoms with Crippen molar-refractivity contribution in [3.63, 3.8) is 0 Å². The zero-order valence-electron chi connectivity index (χ0n) is 19.9. The molecule has 0 spiro atoms. The highest BCUT2D eigenvalue weighted by atomic mass is 16.5. The van der Waals surface area contributed by atoms with Crippen molar-refractivity contribution < 1.29 is 9.32 Å². The summed E-state index contributed by atoms with van der Waals surface area (Å²) in [5.41, 5.74) is 3.25. The minimum atomic E-state index is 0.0330. The molecule has 1 N–H and O–H groups in total.